The lowest BCUT2D eigenvalue weighted by molar-refractivity contribution is -0.121. The van der Waals surface area contributed by atoms with Crippen molar-refractivity contribution < 1.29 is 19.1 Å². The summed E-state index contributed by atoms with van der Waals surface area (Å²) in [6, 6.07) is 9.77. The van der Waals surface area contributed by atoms with E-state index < -0.39 is 5.91 Å². The molecule has 1 fully saturated rings. The minimum Gasteiger partial charge on any atom is -0.508 e. The number of carbonyl (C=O) groups is 2. The number of phenolic OH excluding ortho intramolecular Hbond substituents is 1. The van der Waals surface area contributed by atoms with Crippen LogP contribution in [-0.4, -0.2) is 16.9 Å². The first-order valence-electron chi connectivity index (χ1n) is 8.00. The van der Waals surface area contributed by atoms with Gasteiger partial charge in [-0.2, -0.15) is 0 Å². The highest BCUT2D eigenvalue weighted by atomic mass is 16.3. The van der Waals surface area contributed by atoms with Gasteiger partial charge in [0.2, 0.25) is 5.91 Å². The van der Waals surface area contributed by atoms with Gasteiger partial charge in [0.15, 0.2) is 0 Å². The zero-order chi connectivity index (χ0) is 17.1. The number of amides is 2. The molecule has 0 unspecified atom stereocenters. The third-order valence-corrected chi connectivity index (χ3v) is 4.18. The number of aromatic hydroxyl groups is 1. The first-order valence-corrected chi connectivity index (χ1v) is 8.00. The fraction of sp³-hybridized carbons (Fsp3) is 0.333. The van der Waals surface area contributed by atoms with Gasteiger partial charge in [-0.1, -0.05) is 13.0 Å². The number of hydrogen-bond donors (Lipinski definition) is 3. The van der Waals surface area contributed by atoms with E-state index in [0.29, 0.717) is 18.3 Å². The molecule has 3 rings (SSSR count). The summed E-state index contributed by atoms with van der Waals surface area (Å²) in [6.45, 7) is 2.19. The third-order valence-electron chi connectivity index (χ3n) is 4.18. The lowest BCUT2D eigenvalue weighted by atomic mass is 10.2. The van der Waals surface area contributed by atoms with E-state index in [1.165, 1.54) is 12.1 Å². The molecule has 1 aromatic carbocycles. The Kier molecular flexibility index (Phi) is 4.55. The van der Waals surface area contributed by atoms with Crippen LogP contribution in [0.3, 0.4) is 0 Å². The van der Waals surface area contributed by atoms with E-state index in [2.05, 4.69) is 17.8 Å². The van der Waals surface area contributed by atoms with Crippen LogP contribution in [0.15, 0.2) is 40.8 Å². The van der Waals surface area contributed by atoms with Gasteiger partial charge in [0.05, 0.1) is 0 Å². The second-order valence-electron chi connectivity index (χ2n) is 6.18. The Morgan fingerprint density at radius 1 is 1.25 bits per heavy atom. The molecule has 126 valence electrons. The molecule has 0 saturated heterocycles. The van der Waals surface area contributed by atoms with Crippen LogP contribution in [-0.2, 0) is 11.2 Å². The summed E-state index contributed by atoms with van der Waals surface area (Å²) in [6.07, 6.45) is 1.86. The van der Waals surface area contributed by atoms with Crippen LogP contribution in [0.1, 0.15) is 47.6 Å². The first kappa shape index (κ1) is 16.1. The zero-order valence-electron chi connectivity index (χ0n) is 13.4. The minimum atomic E-state index is -0.484. The maximum Gasteiger partial charge on any atom is 0.269 e. The fourth-order valence-corrected chi connectivity index (χ4v) is 2.59. The predicted octanol–water partition coefficient (Wildman–Crippen LogP) is 2.50. The summed E-state index contributed by atoms with van der Waals surface area (Å²) in [5.74, 6) is 2.18. The van der Waals surface area contributed by atoms with Crippen molar-refractivity contribution >= 4 is 11.8 Å². The summed E-state index contributed by atoms with van der Waals surface area (Å²) in [5.41, 5.74) is 4.95. The van der Waals surface area contributed by atoms with Crippen LogP contribution in [0.5, 0.6) is 5.75 Å². The second-order valence-corrected chi connectivity index (χ2v) is 6.18. The van der Waals surface area contributed by atoms with Gasteiger partial charge in [0, 0.05) is 24.3 Å². The Labute approximate surface area is 139 Å². The summed E-state index contributed by atoms with van der Waals surface area (Å²) < 4.78 is 5.74. The van der Waals surface area contributed by atoms with E-state index in [-0.39, 0.29) is 23.6 Å². The zero-order valence-corrected chi connectivity index (χ0v) is 13.4. The molecule has 3 N–H and O–H groups in total. The molecular formula is C18H20N2O4. The second kappa shape index (κ2) is 6.78. The molecule has 0 spiro atoms. The number of nitrogens with one attached hydrogen (secondary N) is 2. The van der Waals surface area contributed by atoms with Gasteiger partial charge in [-0.05, 0) is 42.7 Å². The van der Waals surface area contributed by atoms with Gasteiger partial charge < -0.3 is 9.52 Å². The molecule has 2 amide bonds. The molecule has 0 radical (unpaired) electrons. The number of hydrazine groups is 1. The number of hydrogen-bond acceptors (Lipinski definition) is 4. The average molecular weight is 328 g/mol. The van der Waals surface area contributed by atoms with E-state index in [0.717, 1.165) is 17.9 Å². The van der Waals surface area contributed by atoms with Gasteiger partial charge in [0.1, 0.15) is 17.3 Å². The molecule has 1 aromatic heterocycles. The normalized spacial score (nSPS) is 18.9. The molecule has 2 atom stereocenters. The van der Waals surface area contributed by atoms with Crippen molar-refractivity contribution in [3.05, 3.63) is 53.5 Å². The van der Waals surface area contributed by atoms with Crippen molar-refractivity contribution in [3.8, 4) is 5.75 Å². The Morgan fingerprint density at radius 2 is 2.04 bits per heavy atom. The van der Waals surface area contributed by atoms with Crippen molar-refractivity contribution in [1.82, 2.24) is 10.9 Å². The molecule has 2 aromatic rings. The number of phenols is 1. The van der Waals surface area contributed by atoms with E-state index >= 15 is 0 Å². The van der Waals surface area contributed by atoms with Crippen molar-refractivity contribution in [2.75, 3.05) is 0 Å². The molecule has 1 saturated carbocycles. The van der Waals surface area contributed by atoms with E-state index in [1.807, 2.05) is 12.1 Å². The molecule has 24 heavy (non-hydrogen) atoms. The molecule has 0 bridgehead atoms. The maximum atomic E-state index is 11.8. The van der Waals surface area contributed by atoms with E-state index in [4.69, 9.17) is 4.42 Å². The summed E-state index contributed by atoms with van der Waals surface area (Å²) in [5, 5.41) is 9.33. The summed E-state index contributed by atoms with van der Waals surface area (Å²) >= 11 is 0. The van der Waals surface area contributed by atoms with Crippen LogP contribution >= 0.6 is 0 Å². The van der Waals surface area contributed by atoms with E-state index in [1.54, 1.807) is 12.1 Å². The van der Waals surface area contributed by atoms with Gasteiger partial charge in [-0.15, -0.1) is 0 Å². The largest absolute Gasteiger partial charge is 0.508 e. The van der Waals surface area contributed by atoms with Crippen molar-refractivity contribution in [2.24, 2.45) is 5.92 Å². The number of furan rings is 1. The summed E-state index contributed by atoms with van der Waals surface area (Å²) in [4.78, 5) is 23.6. The predicted molar refractivity (Wildman–Crippen MR) is 87.3 cm³/mol. The molecular weight excluding hydrogens is 308 g/mol. The van der Waals surface area contributed by atoms with Gasteiger partial charge in [0.25, 0.3) is 5.91 Å². The van der Waals surface area contributed by atoms with Crippen LogP contribution in [0.2, 0.25) is 0 Å². The Balaban J connectivity index is 1.42. The standard InChI is InChI=1S/C18H20N2O4/c1-11-9-15(11)16-7-5-14(24-16)6-8-17(22)19-20-18(23)12-3-2-4-13(21)10-12/h2-5,7,10-11,15,21H,6,8-9H2,1H3,(H,19,22)(H,20,23)/t11-,15+/m0/s1. The maximum absolute atomic E-state index is 11.8. The van der Waals surface area contributed by atoms with Crippen LogP contribution in [0, 0.1) is 5.92 Å². The lowest BCUT2D eigenvalue weighted by Crippen LogP contribution is -2.41. The van der Waals surface area contributed by atoms with Crippen LogP contribution in [0.4, 0.5) is 0 Å². The Morgan fingerprint density at radius 3 is 2.75 bits per heavy atom. The van der Waals surface area contributed by atoms with Crippen LogP contribution in [0.25, 0.3) is 0 Å². The number of benzene rings is 1. The smallest absolute Gasteiger partial charge is 0.269 e. The highest BCUT2D eigenvalue weighted by molar-refractivity contribution is 5.95. The van der Waals surface area contributed by atoms with Gasteiger partial charge in [-0.25, -0.2) is 0 Å². The molecule has 1 heterocycles. The minimum absolute atomic E-state index is 0.00687. The van der Waals surface area contributed by atoms with Gasteiger partial charge >= 0.3 is 0 Å². The molecule has 6 nitrogen and oxygen atoms in total. The van der Waals surface area contributed by atoms with Gasteiger partial charge in [-0.3, -0.25) is 20.4 Å². The number of rotatable bonds is 5. The van der Waals surface area contributed by atoms with Crippen LogP contribution < -0.4 is 10.9 Å². The third kappa shape index (κ3) is 3.95. The van der Waals surface area contributed by atoms with Crippen molar-refractivity contribution in [2.45, 2.75) is 32.1 Å². The number of aryl methyl sites for hydroxylation is 1. The van der Waals surface area contributed by atoms with E-state index in [9.17, 15) is 14.7 Å². The average Bonchev–Trinajstić information content (AvgIpc) is 3.11. The topological polar surface area (TPSA) is 91.6 Å². The fourth-order valence-electron chi connectivity index (χ4n) is 2.59. The molecule has 0 aliphatic heterocycles. The van der Waals surface area contributed by atoms with Crippen molar-refractivity contribution in [3.63, 3.8) is 0 Å². The summed E-state index contributed by atoms with van der Waals surface area (Å²) in [7, 11) is 0. The highest BCUT2D eigenvalue weighted by Crippen LogP contribution is 2.47. The Hall–Kier alpha value is -2.76. The number of carbonyl (C=O) groups excluding carboxylic acids is 2. The lowest BCUT2D eigenvalue weighted by Gasteiger charge is -2.07. The SMILES string of the molecule is C[C@H]1C[C@H]1c1ccc(CCC(=O)NNC(=O)c2cccc(O)c2)o1. The Bertz CT molecular complexity index is 753. The molecule has 1 aliphatic rings. The van der Waals surface area contributed by atoms with Crippen molar-refractivity contribution in [1.29, 1.82) is 0 Å². The molecule has 1 aliphatic carbocycles. The first-order chi connectivity index (χ1) is 11.5. The monoisotopic (exact) mass is 328 g/mol. The quantitative estimate of drug-likeness (QED) is 0.735. The molecule has 6 heteroatoms. The highest BCUT2D eigenvalue weighted by Gasteiger charge is 2.36.